The van der Waals surface area contributed by atoms with E-state index in [-0.39, 0.29) is 24.4 Å². The summed E-state index contributed by atoms with van der Waals surface area (Å²) in [6.07, 6.45) is 0.587. The normalized spacial score (nSPS) is 11.9. The molecule has 2 N–H and O–H groups in total. The van der Waals surface area contributed by atoms with Crippen molar-refractivity contribution in [2.75, 3.05) is 24.8 Å². The van der Waals surface area contributed by atoms with Gasteiger partial charge in [0.25, 0.3) is 0 Å². The number of alkyl halides is 2. The van der Waals surface area contributed by atoms with Crippen molar-refractivity contribution in [2.45, 2.75) is 12.5 Å². The van der Waals surface area contributed by atoms with Gasteiger partial charge in [-0.15, -0.1) is 35.6 Å². The van der Waals surface area contributed by atoms with Crippen LogP contribution in [0.3, 0.4) is 0 Å². The molecule has 0 aliphatic heterocycles. The van der Waals surface area contributed by atoms with Gasteiger partial charge in [-0.1, -0.05) is 30.3 Å². The van der Waals surface area contributed by atoms with Gasteiger partial charge in [-0.3, -0.25) is 9.69 Å². The summed E-state index contributed by atoms with van der Waals surface area (Å²) in [5, 5.41) is 0. The van der Waals surface area contributed by atoms with Crippen molar-refractivity contribution in [1.29, 1.82) is 0 Å². The highest BCUT2D eigenvalue weighted by molar-refractivity contribution is 6.18. The summed E-state index contributed by atoms with van der Waals surface area (Å²) in [5.41, 5.74) is 6.56. The van der Waals surface area contributed by atoms with E-state index in [4.69, 9.17) is 28.9 Å². The van der Waals surface area contributed by atoms with E-state index in [0.717, 1.165) is 5.56 Å². The Morgan fingerprint density at radius 1 is 1.16 bits per heavy atom. The summed E-state index contributed by atoms with van der Waals surface area (Å²) in [5.74, 6) is 0.569. The third-order valence-electron chi connectivity index (χ3n) is 2.78. The maximum atomic E-state index is 11.6. The van der Waals surface area contributed by atoms with Gasteiger partial charge in [0.1, 0.15) is 0 Å². The molecule has 0 aliphatic rings. The fourth-order valence-corrected chi connectivity index (χ4v) is 2.32. The molecule has 0 saturated carbocycles. The van der Waals surface area contributed by atoms with Crippen molar-refractivity contribution in [3.05, 3.63) is 35.9 Å². The number of nitrogens with zero attached hydrogens (tertiary/aromatic N) is 1. The van der Waals surface area contributed by atoms with Crippen molar-refractivity contribution >= 4 is 41.5 Å². The van der Waals surface area contributed by atoms with Crippen LogP contribution in [-0.4, -0.2) is 41.7 Å². The first-order valence-corrected chi connectivity index (χ1v) is 6.95. The van der Waals surface area contributed by atoms with Gasteiger partial charge < -0.3 is 5.73 Å². The van der Waals surface area contributed by atoms with Crippen LogP contribution in [0.25, 0.3) is 0 Å². The van der Waals surface area contributed by atoms with Gasteiger partial charge >= 0.3 is 0 Å². The van der Waals surface area contributed by atoms with Crippen LogP contribution in [0.1, 0.15) is 5.56 Å². The lowest BCUT2D eigenvalue weighted by Crippen LogP contribution is -2.47. The molecule has 0 spiro atoms. The summed E-state index contributed by atoms with van der Waals surface area (Å²) in [7, 11) is 0. The summed E-state index contributed by atoms with van der Waals surface area (Å²) in [6.45, 7) is 1.21. The van der Waals surface area contributed by atoms with Crippen LogP contribution in [0.2, 0.25) is 0 Å². The number of benzene rings is 1. The van der Waals surface area contributed by atoms with E-state index in [1.165, 1.54) is 0 Å². The summed E-state index contributed by atoms with van der Waals surface area (Å²) in [6, 6.07) is 9.44. The lowest BCUT2D eigenvalue weighted by Gasteiger charge is -2.28. The maximum absolute atomic E-state index is 11.6. The first kappa shape index (κ1) is 18.5. The highest BCUT2D eigenvalue weighted by Gasteiger charge is 2.23. The number of amides is 1. The molecule has 1 amide bonds. The lowest BCUT2D eigenvalue weighted by molar-refractivity contribution is -0.123. The second-order valence-corrected chi connectivity index (χ2v) is 4.78. The van der Waals surface area contributed by atoms with Gasteiger partial charge in [-0.25, -0.2) is 0 Å². The topological polar surface area (TPSA) is 46.3 Å². The standard InChI is InChI=1S/C13H18Cl2N2O.ClH/c14-6-8-17(9-7-15)12(13(16)18)10-11-4-2-1-3-5-11;/h1-5,12H,6-10H2,(H2,16,18);1H. The Balaban J connectivity index is 0.00000324. The fourth-order valence-electron chi connectivity index (χ4n) is 1.89. The van der Waals surface area contributed by atoms with Crippen molar-refractivity contribution in [2.24, 2.45) is 5.73 Å². The first-order valence-electron chi connectivity index (χ1n) is 5.88. The number of carbonyl (C=O) groups is 1. The van der Waals surface area contributed by atoms with Crippen LogP contribution in [0, 0.1) is 0 Å². The Kier molecular flexibility index (Phi) is 10.1. The Morgan fingerprint density at radius 3 is 2.11 bits per heavy atom. The molecule has 0 bridgehead atoms. The molecule has 0 heterocycles. The largest absolute Gasteiger partial charge is 0.368 e. The maximum Gasteiger partial charge on any atom is 0.235 e. The van der Waals surface area contributed by atoms with E-state index in [0.29, 0.717) is 31.3 Å². The second-order valence-electron chi connectivity index (χ2n) is 4.02. The van der Waals surface area contributed by atoms with Crippen LogP contribution in [0.5, 0.6) is 0 Å². The number of nitrogens with two attached hydrogens (primary N) is 1. The minimum Gasteiger partial charge on any atom is -0.368 e. The Morgan fingerprint density at radius 2 is 1.68 bits per heavy atom. The number of rotatable bonds is 8. The van der Waals surface area contributed by atoms with Crippen molar-refractivity contribution in [3.63, 3.8) is 0 Å². The average molecular weight is 326 g/mol. The summed E-state index contributed by atoms with van der Waals surface area (Å²) >= 11 is 11.5. The van der Waals surface area contributed by atoms with E-state index >= 15 is 0 Å². The molecule has 0 radical (unpaired) electrons. The van der Waals surface area contributed by atoms with Crippen molar-refractivity contribution < 1.29 is 4.79 Å². The van der Waals surface area contributed by atoms with Crippen LogP contribution in [-0.2, 0) is 11.2 Å². The van der Waals surface area contributed by atoms with Crippen LogP contribution >= 0.6 is 35.6 Å². The predicted octanol–water partition coefficient (Wildman–Crippen LogP) is 2.28. The number of hydrogen-bond donors (Lipinski definition) is 1. The van der Waals surface area contributed by atoms with E-state index < -0.39 is 0 Å². The van der Waals surface area contributed by atoms with E-state index in [9.17, 15) is 4.79 Å². The second kappa shape index (κ2) is 10.3. The van der Waals surface area contributed by atoms with Gasteiger partial charge in [0, 0.05) is 24.8 Å². The third kappa shape index (κ3) is 6.48. The molecule has 0 fully saturated rings. The number of carbonyl (C=O) groups excluding carboxylic acids is 1. The molecular formula is C13H19Cl3N2O. The van der Waals surface area contributed by atoms with Crippen molar-refractivity contribution in [1.82, 2.24) is 4.90 Å². The number of primary amides is 1. The molecule has 6 heteroatoms. The zero-order chi connectivity index (χ0) is 13.4. The zero-order valence-electron chi connectivity index (χ0n) is 10.6. The smallest absolute Gasteiger partial charge is 0.235 e. The molecule has 1 aromatic carbocycles. The Bertz CT molecular complexity index is 356. The van der Waals surface area contributed by atoms with Gasteiger partial charge in [0.2, 0.25) is 5.91 Å². The SMILES string of the molecule is Cl.NC(=O)C(Cc1ccccc1)N(CCCl)CCCl. The minimum atomic E-state index is -0.357. The highest BCUT2D eigenvalue weighted by Crippen LogP contribution is 2.09. The third-order valence-corrected chi connectivity index (χ3v) is 3.12. The number of halogens is 3. The molecule has 1 rings (SSSR count). The molecule has 0 saturated heterocycles. The lowest BCUT2D eigenvalue weighted by atomic mass is 10.0. The van der Waals surface area contributed by atoms with Gasteiger partial charge in [0.15, 0.2) is 0 Å². The quantitative estimate of drug-likeness (QED) is 0.745. The highest BCUT2D eigenvalue weighted by atomic mass is 35.5. The van der Waals surface area contributed by atoms with Crippen molar-refractivity contribution in [3.8, 4) is 0 Å². The first-order chi connectivity index (χ1) is 8.69. The molecule has 0 aliphatic carbocycles. The van der Waals surface area contributed by atoms with E-state index in [1.54, 1.807) is 0 Å². The molecule has 3 nitrogen and oxygen atoms in total. The number of hydrogen-bond acceptors (Lipinski definition) is 2. The molecule has 1 unspecified atom stereocenters. The minimum absolute atomic E-state index is 0. The zero-order valence-corrected chi connectivity index (χ0v) is 12.9. The van der Waals surface area contributed by atoms with Crippen LogP contribution < -0.4 is 5.73 Å². The molecule has 19 heavy (non-hydrogen) atoms. The van der Waals surface area contributed by atoms with Gasteiger partial charge in [-0.2, -0.15) is 0 Å². The van der Waals surface area contributed by atoms with Crippen LogP contribution in [0.15, 0.2) is 30.3 Å². The Hall–Kier alpha value is -0.480. The van der Waals surface area contributed by atoms with E-state index in [2.05, 4.69) is 0 Å². The molecule has 1 atom stereocenters. The summed E-state index contributed by atoms with van der Waals surface area (Å²) < 4.78 is 0. The van der Waals surface area contributed by atoms with E-state index in [1.807, 2.05) is 35.2 Å². The van der Waals surface area contributed by atoms with Gasteiger partial charge in [-0.05, 0) is 12.0 Å². The van der Waals surface area contributed by atoms with Crippen LogP contribution in [0.4, 0.5) is 0 Å². The predicted molar refractivity (Wildman–Crippen MR) is 83.4 cm³/mol. The molecular weight excluding hydrogens is 307 g/mol. The molecule has 108 valence electrons. The fraction of sp³-hybridized carbons (Fsp3) is 0.462. The molecule has 1 aromatic rings. The molecule has 0 aromatic heterocycles. The Labute approximate surface area is 130 Å². The van der Waals surface area contributed by atoms with Gasteiger partial charge in [0.05, 0.1) is 6.04 Å². The summed E-state index contributed by atoms with van der Waals surface area (Å²) in [4.78, 5) is 13.5. The average Bonchev–Trinajstić information content (AvgIpc) is 2.37. The monoisotopic (exact) mass is 324 g/mol.